The van der Waals surface area contributed by atoms with Crippen LogP contribution in [0.2, 0.25) is 0 Å². The van der Waals surface area contributed by atoms with Crippen LogP contribution in [0.25, 0.3) is 23.3 Å². The van der Waals surface area contributed by atoms with Crippen molar-refractivity contribution in [3.63, 3.8) is 0 Å². The number of carbonyl (C=O) groups excluding carboxylic acids is 2. The molecule has 0 aliphatic heterocycles. The average Bonchev–Trinajstić information content (AvgIpc) is 3.06. The zero-order chi connectivity index (χ0) is 37.7. The molecule has 0 heterocycles. The van der Waals surface area contributed by atoms with Crippen LogP contribution in [0.15, 0.2) is 104 Å². The van der Waals surface area contributed by atoms with Crippen molar-refractivity contribution in [3.05, 3.63) is 111 Å². The van der Waals surface area contributed by atoms with Gasteiger partial charge in [-0.25, -0.2) is 16.8 Å². The normalized spacial score (nSPS) is 15.6. The molecule has 6 rings (SSSR count). The van der Waals surface area contributed by atoms with Gasteiger partial charge in [0.1, 0.15) is 30.9 Å². The van der Waals surface area contributed by atoms with Gasteiger partial charge < -0.3 is 20.6 Å². The van der Waals surface area contributed by atoms with Crippen LogP contribution in [0.1, 0.15) is 31.8 Å². The van der Waals surface area contributed by atoms with E-state index in [-0.39, 0.29) is 92.7 Å². The van der Waals surface area contributed by atoms with E-state index in [0.29, 0.717) is 16.8 Å². The smallest absolute Gasteiger partial charge is 0.744 e. The van der Waals surface area contributed by atoms with Gasteiger partial charge in [0.2, 0.25) is 11.6 Å². The van der Waals surface area contributed by atoms with Gasteiger partial charge in [-0.05, 0) is 82.9 Å². The van der Waals surface area contributed by atoms with E-state index >= 15 is 0 Å². The van der Waals surface area contributed by atoms with Crippen LogP contribution in [0, 0.1) is 0 Å². The Morgan fingerprint density at radius 1 is 0.611 bits per heavy atom. The Kier molecular flexibility index (Phi) is 12.6. The Bertz CT molecular complexity index is 2700. The molecule has 0 radical (unpaired) electrons. The number of nitrogen functional groups attached to an aromatic ring is 2. The van der Waals surface area contributed by atoms with E-state index < -0.39 is 73.7 Å². The molecule has 4 aromatic rings. The van der Waals surface area contributed by atoms with Gasteiger partial charge in [0, 0.05) is 16.9 Å². The average molecular weight is 809 g/mol. The van der Waals surface area contributed by atoms with Gasteiger partial charge in [-0.2, -0.15) is 18.6 Å². The van der Waals surface area contributed by atoms with Gasteiger partial charge in [0.25, 0.3) is 10.1 Å². The van der Waals surface area contributed by atoms with E-state index in [4.69, 9.17) is 11.5 Å². The number of benzene rings is 4. The Morgan fingerprint density at radius 2 is 1.11 bits per heavy atom. The van der Waals surface area contributed by atoms with Gasteiger partial charge >= 0.3 is 59.1 Å². The van der Waals surface area contributed by atoms with E-state index in [0.717, 1.165) is 24.3 Å². The molecule has 0 bridgehead atoms. The van der Waals surface area contributed by atoms with Gasteiger partial charge in [0.05, 0.1) is 26.7 Å². The maximum Gasteiger partial charge on any atom is 1.00 e. The van der Waals surface area contributed by atoms with E-state index in [9.17, 15) is 48.5 Å². The van der Waals surface area contributed by atoms with Crippen molar-refractivity contribution in [2.75, 3.05) is 22.3 Å². The summed E-state index contributed by atoms with van der Waals surface area (Å²) >= 11 is 0. The Hall–Kier alpha value is -4.03. The molecule has 7 N–H and O–H groups in total. The van der Waals surface area contributed by atoms with Crippen molar-refractivity contribution in [2.45, 2.75) is 4.90 Å². The van der Waals surface area contributed by atoms with Crippen molar-refractivity contribution >= 4 is 88.2 Å². The Balaban J connectivity index is 0.00000325. The van der Waals surface area contributed by atoms with Crippen LogP contribution < -0.4 is 81.4 Å². The monoisotopic (exact) mass is 808 g/mol. The van der Waals surface area contributed by atoms with Crippen molar-refractivity contribution in [1.29, 1.82) is 0 Å². The molecule has 0 amide bonds. The number of nitrogens with one attached hydrogen (secondary N) is 2. The van der Waals surface area contributed by atoms with E-state index in [1.165, 1.54) is 30.3 Å². The summed E-state index contributed by atoms with van der Waals surface area (Å²) in [6, 6.07) is 18.6. The zero-order valence-electron chi connectivity index (χ0n) is 28.0. The van der Waals surface area contributed by atoms with Crippen LogP contribution in [0.3, 0.4) is 0 Å². The zero-order valence-corrected chi connectivity index (χ0v) is 34.4. The van der Waals surface area contributed by atoms with Crippen molar-refractivity contribution in [2.24, 2.45) is 10.2 Å². The van der Waals surface area contributed by atoms with Gasteiger partial charge in [-0.3, -0.25) is 25.0 Å². The number of nitrogens with zero attached hydrogens (tertiary/aromatic N) is 2. The molecule has 17 nitrogen and oxygen atoms in total. The number of ketones is 2. The number of fused-ring (bicyclic) bond motifs is 2. The molecule has 0 aromatic heterocycles. The van der Waals surface area contributed by atoms with Crippen molar-refractivity contribution in [1.82, 2.24) is 0 Å². The predicted molar refractivity (Wildman–Crippen MR) is 190 cm³/mol. The fraction of sp³-hybridized carbons (Fsp3) is 0. The third-order valence-electron chi connectivity index (χ3n) is 7.72. The number of rotatable bonds is 8. The fourth-order valence-corrected chi connectivity index (χ4v) is 7.13. The second-order valence-corrected chi connectivity index (χ2v) is 15.3. The third kappa shape index (κ3) is 8.91. The molecule has 0 saturated heterocycles. The molecule has 2 aliphatic rings. The summed E-state index contributed by atoms with van der Waals surface area (Å²) in [5.41, 5.74) is 16.8. The maximum absolute atomic E-state index is 13.2. The number of hydrazone groups is 2. The SMILES string of the molecule is Nc1ccc2c(c1)C(=O)/C(=N\Nc1ccc(-c3ccc(N/N=C4\C(=O)c5c(N)cc(S(=O)(=O)[O-])cc5C=C4S(=O)(=O)O)cc3)cc1)C(S(=O)(=O)[O-])=C2.[Na+].[Na+]. The molecule has 2 aliphatic carbocycles. The first-order chi connectivity index (χ1) is 24.3. The maximum atomic E-state index is 13.2. The van der Waals surface area contributed by atoms with Crippen LogP contribution in [-0.4, -0.2) is 61.9 Å². The van der Waals surface area contributed by atoms with Gasteiger partial charge in [-0.15, -0.1) is 0 Å². The standard InChI is InChI=1S/C32H24N6O11S3.2Na/c33-20-6-1-18-12-26(51(44,45)46)29(31(39)24(18)14-20)37-35-21-7-2-16(3-8-21)17-4-9-22(10-5-17)36-38-30-27(52(47,48)49)13-19-11-23(50(41,42)43)15-25(34)28(19)32(30)40;;/h1-15,35-36H,33-34H2,(H,41,42,43)(H,44,45,46)(H,47,48,49);;/q;2*+1/p-2/b37-29-,38-30-;;. The number of carbonyl (C=O) groups is 2. The molecule has 0 saturated carbocycles. The summed E-state index contributed by atoms with van der Waals surface area (Å²) in [5.74, 6) is -1.87. The molecular weight excluding hydrogens is 787 g/mol. The van der Waals surface area contributed by atoms with Crippen molar-refractivity contribution < 1.29 is 108 Å². The molecule has 0 spiro atoms. The van der Waals surface area contributed by atoms with Gasteiger partial charge in [-0.1, -0.05) is 30.3 Å². The topological polar surface area (TPSA) is 304 Å². The van der Waals surface area contributed by atoms with E-state index in [2.05, 4.69) is 21.1 Å². The van der Waals surface area contributed by atoms with Crippen molar-refractivity contribution in [3.8, 4) is 11.1 Å². The largest absolute Gasteiger partial charge is 1.00 e. The van der Waals surface area contributed by atoms with Crippen LogP contribution in [-0.2, 0) is 30.4 Å². The molecule has 0 atom stereocenters. The van der Waals surface area contributed by atoms with Crippen LogP contribution in [0.5, 0.6) is 0 Å². The number of nitrogens with two attached hydrogens (primary N) is 2. The first kappa shape index (κ1) is 42.7. The summed E-state index contributed by atoms with van der Waals surface area (Å²) in [5, 5.41) is 7.79. The minimum absolute atomic E-state index is 0. The minimum Gasteiger partial charge on any atom is -0.744 e. The van der Waals surface area contributed by atoms with Crippen LogP contribution in [0.4, 0.5) is 22.7 Å². The summed E-state index contributed by atoms with van der Waals surface area (Å²) in [4.78, 5) is 23.7. The summed E-state index contributed by atoms with van der Waals surface area (Å²) in [6.07, 6.45) is 1.83. The molecule has 266 valence electrons. The quantitative estimate of drug-likeness (QED) is 0.0509. The first-order valence-electron chi connectivity index (χ1n) is 14.4. The molecule has 4 aromatic carbocycles. The summed E-state index contributed by atoms with van der Waals surface area (Å²) < 4.78 is 104. The molecule has 54 heavy (non-hydrogen) atoms. The van der Waals surface area contributed by atoms with Crippen LogP contribution >= 0.6 is 0 Å². The Labute approximate surface area is 352 Å². The van der Waals surface area contributed by atoms with Gasteiger partial charge in [0.15, 0.2) is 5.71 Å². The first-order valence-corrected chi connectivity index (χ1v) is 18.7. The van der Waals surface area contributed by atoms with E-state index in [1.807, 2.05) is 0 Å². The molecule has 22 heteroatoms. The Morgan fingerprint density at radius 3 is 1.59 bits per heavy atom. The third-order valence-corrected chi connectivity index (χ3v) is 10.3. The second kappa shape index (κ2) is 16.0. The second-order valence-electron chi connectivity index (χ2n) is 11.2. The number of hydrogen-bond donors (Lipinski definition) is 5. The number of allylic oxidation sites excluding steroid dienone is 2. The molecule has 0 fully saturated rings. The number of Topliss-reactive ketones (excluding diaryl/α,β-unsaturated/α-hetero) is 2. The minimum atomic E-state index is -5.08. The number of hydrogen-bond acceptors (Lipinski definition) is 16. The number of anilines is 4. The summed E-state index contributed by atoms with van der Waals surface area (Å²) in [6.45, 7) is 0. The summed E-state index contributed by atoms with van der Waals surface area (Å²) in [7, 11) is -15.2. The van der Waals surface area contributed by atoms with E-state index in [1.54, 1.807) is 36.4 Å². The molecule has 0 unspecified atom stereocenters. The predicted octanol–water partition coefficient (Wildman–Crippen LogP) is -3.13. The fourth-order valence-electron chi connectivity index (χ4n) is 5.28. The molecular formula is C32H22N6Na2O11S3.